The van der Waals surface area contributed by atoms with E-state index in [1.807, 2.05) is 0 Å². The Morgan fingerprint density at radius 3 is 1.40 bits per heavy atom. The number of aliphatic hydroxyl groups excluding tert-OH is 5. The number of aliphatic hydroxyl groups is 5. The van der Waals surface area contributed by atoms with Gasteiger partial charge in [0.15, 0.2) is 12.6 Å². The summed E-state index contributed by atoms with van der Waals surface area (Å²) < 4.78 is 24.4. The zero-order valence-corrected chi connectivity index (χ0v) is 44.3. The topological polar surface area (TPSA) is 233 Å². The van der Waals surface area contributed by atoms with Crippen LogP contribution in [0.25, 0.3) is 0 Å². The van der Waals surface area contributed by atoms with Crippen LogP contribution in [-0.2, 0) is 48.1 Å². The third-order valence-corrected chi connectivity index (χ3v) is 13.4. The normalized spacial score (nSPS) is 25.7. The van der Waals surface area contributed by atoms with Crippen LogP contribution in [0.4, 0.5) is 0 Å². The van der Waals surface area contributed by atoms with Crippen molar-refractivity contribution >= 4 is 11.8 Å². The SMILES string of the molecule is CCCCCCCCCCCCCCCCOOCC(CC(C)O[C@@H]1C(NC(C)=O)C(O)OC(CO)[C@@H]1O[C@@H]1OC(CO)[C@H](O)[C@H](O)C1NC(C)=O)OOCCCCCCCCCCCCCCCC. The molecule has 2 amide bonds. The molecule has 17 nitrogen and oxygen atoms in total. The van der Waals surface area contributed by atoms with Gasteiger partial charge in [0.25, 0.3) is 0 Å². The molecule has 2 heterocycles. The fourth-order valence-electron chi connectivity index (χ4n) is 9.39. The Bertz CT molecular complexity index is 1260. The molecule has 0 bridgehead atoms. The molecule has 7 N–H and O–H groups in total. The van der Waals surface area contributed by atoms with Crippen molar-refractivity contribution in [2.45, 2.75) is 294 Å². The molecule has 0 aromatic rings. The van der Waals surface area contributed by atoms with Crippen LogP contribution in [0.2, 0.25) is 0 Å². The Hall–Kier alpha value is -1.58. The Kier molecular flexibility index (Phi) is 38.5. The number of carbonyl (C=O) groups excluding carboxylic acids is 2. The van der Waals surface area contributed by atoms with Gasteiger partial charge in [-0.2, -0.15) is 0 Å². The zero-order valence-electron chi connectivity index (χ0n) is 44.3. The molecule has 2 aliphatic heterocycles. The van der Waals surface area contributed by atoms with E-state index in [0.29, 0.717) is 13.2 Å². The summed E-state index contributed by atoms with van der Waals surface area (Å²) >= 11 is 0. The highest BCUT2D eigenvalue weighted by molar-refractivity contribution is 5.73. The first-order chi connectivity index (χ1) is 34.0. The molecular formula is C53H102N2O15. The second-order valence-electron chi connectivity index (χ2n) is 20.0. The lowest BCUT2D eigenvalue weighted by atomic mass is 9.94. The highest BCUT2D eigenvalue weighted by atomic mass is 17.2. The number of amides is 2. The molecule has 0 spiro atoms. The largest absolute Gasteiger partial charge is 0.394 e. The first-order valence-corrected chi connectivity index (χ1v) is 27.9. The lowest BCUT2D eigenvalue weighted by Crippen LogP contribution is -2.69. The predicted octanol–water partition coefficient (Wildman–Crippen LogP) is 7.92. The van der Waals surface area contributed by atoms with Gasteiger partial charge in [-0.25, -0.2) is 19.6 Å². The summed E-state index contributed by atoms with van der Waals surface area (Å²) in [4.78, 5) is 47.5. The molecule has 0 aliphatic carbocycles. The minimum atomic E-state index is -1.64. The quantitative estimate of drug-likeness (QED) is 0.0174. The summed E-state index contributed by atoms with van der Waals surface area (Å²) in [6, 6.07) is -2.55. The van der Waals surface area contributed by atoms with E-state index in [2.05, 4.69) is 24.5 Å². The van der Waals surface area contributed by atoms with Gasteiger partial charge in [0.1, 0.15) is 61.4 Å². The second-order valence-corrected chi connectivity index (χ2v) is 20.0. The Labute approximate surface area is 422 Å². The van der Waals surface area contributed by atoms with Gasteiger partial charge in [0.05, 0.1) is 32.5 Å². The Morgan fingerprint density at radius 1 is 0.529 bits per heavy atom. The van der Waals surface area contributed by atoms with Crippen LogP contribution in [0.15, 0.2) is 0 Å². The van der Waals surface area contributed by atoms with Gasteiger partial charge in [-0.15, -0.1) is 0 Å². The first-order valence-electron chi connectivity index (χ1n) is 27.9. The maximum atomic E-state index is 12.5. The molecule has 17 heteroatoms. The lowest BCUT2D eigenvalue weighted by molar-refractivity contribution is -0.371. The highest BCUT2D eigenvalue weighted by Gasteiger charge is 2.52. The lowest BCUT2D eigenvalue weighted by Gasteiger charge is -2.49. The number of hydrogen-bond donors (Lipinski definition) is 7. The second kappa shape index (κ2) is 41.7. The van der Waals surface area contributed by atoms with Crippen LogP contribution < -0.4 is 10.6 Å². The van der Waals surface area contributed by atoms with Crippen LogP contribution >= 0.6 is 0 Å². The first kappa shape index (κ1) is 64.5. The third-order valence-electron chi connectivity index (χ3n) is 13.4. The number of carbonyl (C=O) groups is 2. The van der Waals surface area contributed by atoms with Crippen LogP contribution in [0.5, 0.6) is 0 Å². The van der Waals surface area contributed by atoms with Crippen molar-refractivity contribution in [1.29, 1.82) is 0 Å². The van der Waals surface area contributed by atoms with E-state index in [9.17, 15) is 35.1 Å². The van der Waals surface area contributed by atoms with Crippen molar-refractivity contribution in [3.63, 3.8) is 0 Å². The molecule has 2 rings (SSSR count). The van der Waals surface area contributed by atoms with Crippen LogP contribution in [-0.4, -0.2) is 144 Å². The van der Waals surface area contributed by atoms with Crippen molar-refractivity contribution in [3.8, 4) is 0 Å². The molecule has 2 saturated heterocycles. The van der Waals surface area contributed by atoms with Crippen molar-refractivity contribution in [2.75, 3.05) is 33.0 Å². The average Bonchev–Trinajstić information content (AvgIpc) is 3.33. The molecule has 414 valence electrons. The van der Waals surface area contributed by atoms with Crippen LogP contribution in [0.1, 0.15) is 221 Å². The van der Waals surface area contributed by atoms with E-state index in [-0.39, 0.29) is 13.0 Å². The molecule has 2 fully saturated rings. The molecule has 2 aliphatic rings. The van der Waals surface area contributed by atoms with Crippen LogP contribution in [0, 0.1) is 0 Å². The summed E-state index contributed by atoms with van der Waals surface area (Å²) in [6.07, 6.45) is 22.6. The van der Waals surface area contributed by atoms with E-state index in [1.165, 1.54) is 155 Å². The van der Waals surface area contributed by atoms with Gasteiger partial charge < -0.3 is 55.1 Å². The van der Waals surface area contributed by atoms with E-state index in [1.54, 1.807) is 6.92 Å². The summed E-state index contributed by atoms with van der Waals surface area (Å²) in [5.74, 6) is -1.08. The minimum Gasteiger partial charge on any atom is -0.394 e. The number of unbranched alkanes of at least 4 members (excludes halogenated alkanes) is 26. The molecule has 0 aromatic carbocycles. The predicted molar refractivity (Wildman–Crippen MR) is 268 cm³/mol. The fourth-order valence-corrected chi connectivity index (χ4v) is 9.39. The summed E-state index contributed by atoms with van der Waals surface area (Å²) in [5.41, 5.74) is 0. The van der Waals surface area contributed by atoms with Crippen molar-refractivity contribution < 1.29 is 73.6 Å². The van der Waals surface area contributed by atoms with Gasteiger partial charge in [-0.1, -0.05) is 181 Å². The highest BCUT2D eigenvalue weighted by Crippen LogP contribution is 2.32. The standard InChI is InChI=1S/C53H102N2O15/c1-6-8-10-12-14-16-18-20-22-24-26-28-30-32-34-63-65-39-43(70-64-35-33-31-29-27-25-23-21-19-17-15-13-11-9-7-2)36-40(3)66-51-47(55-42(5)59)52(62)67-45(38-57)50(51)69-53-46(54-41(4)58)49(61)48(60)44(37-56)68-53/h40,43-53,56-57,60-62H,6-39H2,1-5H3,(H,54,58)(H,55,59)/t40?,43?,44?,45?,46?,47?,48-,49+,50-,51+,52?,53-/m0/s1. The van der Waals surface area contributed by atoms with E-state index in [0.717, 1.165) is 38.5 Å². The van der Waals surface area contributed by atoms with Crippen molar-refractivity contribution in [1.82, 2.24) is 10.6 Å². The molecule has 0 radical (unpaired) electrons. The Balaban J connectivity index is 1.99. The number of ether oxygens (including phenoxy) is 4. The summed E-state index contributed by atoms with van der Waals surface area (Å²) in [6.45, 7) is 8.23. The summed E-state index contributed by atoms with van der Waals surface area (Å²) in [5, 5.41) is 58.2. The van der Waals surface area contributed by atoms with Gasteiger partial charge in [0.2, 0.25) is 11.8 Å². The number of hydrogen-bond acceptors (Lipinski definition) is 15. The molecule has 70 heavy (non-hydrogen) atoms. The van der Waals surface area contributed by atoms with Gasteiger partial charge >= 0.3 is 0 Å². The number of rotatable bonds is 45. The Morgan fingerprint density at radius 2 is 0.957 bits per heavy atom. The minimum absolute atomic E-state index is 0.0207. The van der Waals surface area contributed by atoms with Gasteiger partial charge in [-0.05, 0) is 19.8 Å². The average molecular weight is 1010 g/mol. The monoisotopic (exact) mass is 1010 g/mol. The molecule has 7 unspecified atom stereocenters. The third kappa shape index (κ3) is 28.8. The fraction of sp³-hybridized carbons (Fsp3) is 0.962. The van der Waals surface area contributed by atoms with Crippen molar-refractivity contribution in [2.24, 2.45) is 0 Å². The van der Waals surface area contributed by atoms with E-state index >= 15 is 0 Å². The maximum Gasteiger partial charge on any atom is 0.217 e. The molecule has 0 aromatic heterocycles. The van der Waals surface area contributed by atoms with E-state index < -0.39 is 98.5 Å². The number of nitrogens with one attached hydrogen (secondary N) is 2. The molecular weight excluding hydrogens is 905 g/mol. The van der Waals surface area contributed by atoms with E-state index in [4.69, 9.17) is 38.5 Å². The van der Waals surface area contributed by atoms with Gasteiger partial charge in [-0.3, -0.25) is 9.59 Å². The summed E-state index contributed by atoms with van der Waals surface area (Å²) in [7, 11) is 0. The molecule has 12 atom stereocenters. The molecule has 0 saturated carbocycles. The maximum absolute atomic E-state index is 12.5. The van der Waals surface area contributed by atoms with Crippen LogP contribution in [0.3, 0.4) is 0 Å². The van der Waals surface area contributed by atoms with Crippen molar-refractivity contribution in [3.05, 3.63) is 0 Å². The zero-order chi connectivity index (χ0) is 51.2. The smallest absolute Gasteiger partial charge is 0.217 e. The van der Waals surface area contributed by atoms with Gasteiger partial charge in [0, 0.05) is 20.3 Å².